The average Bonchev–Trinajstić information content (AvgIpc) is 3.21. The number of hydrogen-bond donors (Lipinski definition) is 0. The summed E-state index contributed by atoms with van der Waals surface area (Å²) in [4.78, 5) is 36.7. The number of carbonyl (C=O) groups is 3. The van der Waals surface area contributed by atoms with Crippen LogP contribution in [-0.2, 0) is 33.3 Å². The Labute approximate surface area is 229 Å². The molecule has 0 N–H and O–H groups in total. The topological polar surface area (TPSA) is 88.1 Å². The van der Waals surface area contributed by atoms with Crippen LogP contribution in [-0.4, -0.2) is 49.9 Å². The molecule has 0 bridgehead atoms. The van der Waals surface area contributed by atoms with Crippen LogP contribution in [0.1, 0.15) is 99.3 Å². The summed E-state index contributed by atoms with van der Waals surface area (Å²) in [6, 6.07) is 0. The van der Waals surface area contributed by atoms with Gasteiger partial charge in [0.05, 0.1) is 13.2 Å². The Hall–Kier alpha value is -1.63. The molecular formula is C31H50O7. The van der Waals surface area contributed by atoms with Crippen molar-refractivity contribution in [2.45, 2.75) is 118 Å². The van der Waals surface area contributed by atoms with Gasteiger partial charge in [-0.3, -0.25) is 14.4 Å². The molecule has 11 atom stereocenters. The van der Waals surface area contributed by atoms with Crippen LogP contribution in [0.4, 0.5) is 0 Å². The van der Waals surface area contributed by atoms with Crippen molar-refractivity contribution < 1.29 is 33.3 Å². The number of rotatable bonds is 8. The standard InChI is InChI=1S/C31H50O7/c1-8-36-22-13-14-30(5)21(15-22)16-26(37-19(3)32)29-24-11-10-23(18(2)9-12-28(34)35-7)31(24,6)27(17-25(29)30)38-20(4)33/h18,21-27,29H,8-17H2,1-7H3/t18-,21?,22?,23-,24+,25+,26?,27?,29+,30+,31-/m1/s1. The van der Waals surface area contributed by atoms with E-state index in [9.17, 15) is 14.4 Å². The zero-order valence-corrected chi connectivity index (χ0v) is 24.6. The molecule has 0 amide bonds. The van der Waals surface area contributed by atoms with Crippen molar-refractivity contribution in [1.29, 1.82) is 0 Å². The van der Waals surface area contributed by atoms with Gasteiger partial charge in [-0.25, -0.2) is 0 Å². The monoisotopic (exact) mass is 534 g/mol. The third-order valence-corrected chi connectivity index (χ3v) is 11.5. The molecule has 0 saturated heterocycles. The molecule has 38 heavy (non-hydrogen) atoms. The molecule has 4 fully saturated rings. The van der Waals surface area contributed by atoms with Crippen molar-refractivity contribution in [1.82, 2.24) is 0 Å². The molecule has 0 aromatic carbocycles. The molecule has 216 valence electrons. The van der Waals surface area contributed by atoms with Gasteiger partial charge >= 0.3 is 17.9 Å². The third-order valence-electron chi connectivity index (χ3n) is 11.5. The number of ether oxygens (including phenoxy) is 4. The summed E-state index contributed by atoms with van der Waals surface area (Å²) in [6.07, 6.45) is 8.00. The van der Waals surface area contributed by atoms with Gasteiger partial charge in [0.2, 0.25) is 0 Å². The first-order valence-corrected chi connectivity index (χ1v) is 15.0. The van der Waals surface area contributed by atoms with E-state index in [4.69, 9.17) is 18.9 Å². The van der Waals surface area contributed by atoms with Gasteiger partial charge in [0.15, 0.2) is 0 Å². The van der Waals surface area contributed by atoms with Crippen molar-refractivity contribution >= 4 is 17.9 Å². The van der Waals surface area contributed by atoms with E-state index in [-0.39, 0.29) is 53.0 Å². The Morgan fingerprint density at radius 2 is 1.66 bits per heavy atom. The van der Waals surface area contributed by atoms with E-state index in [0.29, 0.717) is 36.0 Å². The predicted molar refractivity (Wildman–Crippen MR) is 143 cm³/mol. The number of esters is 3. The van der Waals surface area contributed by atoms with E-state index in [1.165, 1.54) is 21.0 Å². The van der Waals surface area contributed by atoms with Crippen molar-refractivity contribution in [2.75, 3.05) is 13.7 Å². The first kappa shape index (κ1) is 29.4. The van der Waals surface area contributed by atoms with E-state index in [0.717, 1.165) is 58.0 Å². The van der Waals surface area contributed by atoms with Gasteiger partial charge in [0, 0.05) is 38.2 Å². The molecule has 0 aliphatic heterocycles. The first-order valence-electron chi connectivity index (χ1n) is 15.0. The molecule has 4 aliphatic rings. The predicted octanol–water partition coefficient (Wildman–Crippen LogP) is 5.72. The van der Waals surface area contributed by atoms with Crippen molar-refractivity contribution in [3.8, 4) is 0 Å². The normalized spacial score (nSPS) is 42.7. The highest BCUT2D eigenvalue weighted by Gasteiger charge is 2.67. The number of hydrogen-bond acceptors (Lipinski definition) is 7. The SMILES string of the molecule is CCOC1CC[C@@]2(C)C(C1)CC(OC(C)=O)[C@H]1[C@@H]3CC[C@H]([C@H](C)CCC(=O)OC)[C@@]3(C)C(OC(C)=O)C[C@@H]12. The minimum atomic E-state index is -0.230. The third kappa shape index (κ3) is 5.25. The summed E-state index contributed by atoms with van der Waals surface area (Å²) in [5, 5.41) is 0. The average molecular weight is 535 g/mol. The lowest BCUT2D eigenvalue weighted by Crippen LogP contribution is -2.63. The highest BCUT2D eigenvalue weighted by Crippen LogP contribution is 2.69. The summed E-state index contributed by atoms with van der Waals surface area (Å²) < 4.78 is 23.4. The second-order valence-corrected chi connectivity index (χ2v) is 13.2. The van der Waals surface area contributed by atoms with Gasteiger partial charge in [0.1, 0.15) is 12.2 Å². The molecule has 0 aromatic rings. The molecule has 4 rings (SSSR count). The molecule has 4 saturated carbocycles. The Kier molecular flexibility index (Phi) is 8.86. The molecule has 0 aromatic heterocycles. The minimum Gasteiger partial charge on any atom is -0.469 e. The zero-order chi connectivity index (χ0) is 27.8. The van der Waals surface area contributed by atoms with E-state index in [1.54, 1.807) is 0 Å². The van der Waals surface area contributed by atoms with Gasteiger partial charge in [-0.05, 0) is 93.3 Å². The van der Waals surface area contributed by atoms with Crippen LogP contribution in [0.5, 0.6) is 0 Å². The lowest BCUT2D eigenvalue weighted by molar-refractivity contribution is -0.224. The Bertz CT molecular complexity index is 887. The lowest BCUT2D eigenvalue weighted by atomic mass is 9.43. The fourth-order valence-electron chi connectivity index (χ4n) is 9.81. The Balaban J connectivity index is 1.70. The summed E-state index contributed by atoms with van der Waals surface area (Å²) in [7, 11) is 1.44. The summed E-state index contributed by atoms with van der Waals surface area (Å²) in [5.74, 6) is 1.27. The molecule has 4 unspecified atom stereocenters. The van der Waals surface area contributed by atoms with Gasteiger partial charge in [-0.1, -0.05) is 20.8 Å². The summed E-state index contributed by atoms with van der Waals surface area (Å²) >= 11 is 0. The van der Waals surface area contributed by atoms with Crippen molar-refractivity contribution in [3.63, 3.8) is 0 Å². The molecule has 0 radical (unpaired) electrons. The molecule has 7 heteroatoms. The minimum absolute atomic E-state index is 0.100. The summed E-state index contributed by atoms with van der Waals surface area (Å²) in [6.45, 7) is 12.8. The van der Waals surface area contributed by atoms with Crippen molar-refractivity contribution in [2.24, 2.45) is 46.3 Å². The van der Waals surface area contributed by atoms with Crippen LogP contribution in [0.3, 0.4) is 0 Å². The maximum Gasteiger partial charge on any atom is 0.305 e. The number of carbonyl (C=O) groups excluding carboxylic acids is 3. The van der Waals surface area contributed by atoms with E-state index in [2.05, 4.69) is 27.7 Å². The molecule has 0 spiro atoms. The molecule has 0 heterocycles. The largest absolute Gasteiger partial charge is 0.469 e. The second-order valence-electron chi connectivity index (χ2n) is 13.2. The number of methoxy groups -OCH3 is 1. The summed E-state index contributed by atoms with van der Waals surface area (Å²) in [5.41, 5.74) is -0.129. The van der Waals surface area contributed by atoms with Gasteiger partial charge in [-0.2, -0.15) is 0 Å². The second kappa shape index (κ2) is 11.5. The Morgan fingerprint density at radius 3 is 2.29 bits per heavy atom. The fraction of sp³-hybridized carbons (Fsp3) is 0.903. The zero-order valence-electron chi connectivity index (χ0n) is 24.6. The van der Waals surface area contributed by atoms with Crippen LogP contribution in [0.2, 0.25) is 0 Å². The number of fused-ring (bicyclic) bond motifs is 5. The van der Waals surface area contributed by atoms with Crippen molar-refractivity contribution in [3.05, 3.63) is 0 Å². The van der Waals surface area contributed by atoms with Crippen LogP contribution < -0.4 is 0 Å². The van der Waals surface area contributed by atoms with E-state index >= 15 is 0 Å². The molecular weight excluding hydrogens is 484 g/mol. The van der Waals surface area contributed by atoms with E-state index < -0.39 is 0 Å². The highest BCUT2D eigenvalue weighted by molar-refractivity contribution is 5.69. The fourth-order valence-corrected chi connectivity index (χ4v) is 9.81. The Morgan fingerprint density at radius 1 is 0.947 bits per heavy atom. The van der Waals surface area contributed by atoms with Crippen LogP contribution in [0.15, 0.2) is 0 Å². The van der Waals surface area contributed by atoms with Gasteiger partial charge in [0.25, 0.3) is 0 Å². The molecule has 4 aliphatic carbocycles. The van der Waals surface area contributed by atoms with E-state index in [1.807, 2.05) is 0 Å². The maximum atomic E-state index is 12.5. The van der Waals surface area contributed by atoms with Gasteiger partial charge < -0.3 is 18.9 Å². The maximum absolute atomic E-state index is 12.5. The van der Waals surface area contributed by atoms with Crippen LogP contribution in [0.25, 0.3) is 0 Å². The van der Waals surface area contributed by atoms with Crippen LogP contribution in [0, 0.1) is 46.3 Å². The highest BCUT2D eigenvalue weighted by atomic mass is 16.5. The molecule has 7 nitrogen and oxygen atoms in total. The first-order chi connectivity index (χ1) is 17.9. The lowest BCUT2D eigenvalue weighted by Gasteiger charge is -2.64. The quantitative estimate of drug-likeness (QED) is 0.291. The smallest absolute Gasteiger partial charge is 0.305 e. The van der Waals surface area contributed by atoms with Crippen LogP contribution >= 0.6 is 0 Å². The van der Waals surface area contributed by atoms with Gasteiger partial charge in [-0.15, -0.1) is 0 Å².